The fourth-order valence-corrected chi connectivity index (χ4v) is 2.79. The van der Waals surface area contributed by atoms with Crippen molar-refractivity contribution in [2.75, 3.05) is 14.1 Å². The van der Waals surface area contributed by atoms with Crippen molar-refractivity contribution >= 4 is 27.3 Å². The van der Waals surface area contributed by atoms with Crippen LogP contribution >= 0.6 is 27.3 Å². The molecule has 0 N–H and O–H groups in total. The highest BCUT2D eigenvalue weighted by atomic mass is 79.9. The molecule has 0 aliphatic heterocycles. The first kappa shape index (κ1) is 10.8. The van der Waals surface area contributed by atoms with Crippen LogP contribution in [0.15, 0.2) is 27.7 Å². The third kappa shape index (κ3) is 3.96. The summed E-state index contributed by atoms with van der Waals surface area (Å²) < 4.78 is 1.21. The van der Waals surface area contributed by atoms with Gasteiger partial charge in [0.2, 0.25) is 0 Å². The molecule has 0 atom stereocenters. The predicted molar refractivity (Wildman–Crippen MR) is 63.2 cm³/mol. The topological polar surface area (TPSA) is 3.24 Å². The Bertz CT molecular complexity index is 302. The average Bonchev–Trinajstić information content (AvgIpc) is 2.33. The molecule has 0 radical (unpaired) electrons. The number of halogens is 1. The lowest BCUT2D eigenvalue weighted by Gasteiger charge is -2.06. The number of thiophene rings is 1. The van der Waals surface area contributed by atoms with Gasteiger partial charge in [-0.3, -0.25) is 0 Å². The summed E-state index contributed by atoms with van der Waals surface area (Å²) >= 11 is 5.26. The lowest BCUT2D eigenvalue weighted by molar-refractivity contribution is 0.556. The molecular weight excluding hydrogens is 246 g/mol. The van der Waals surface area contributed by atoms with Gasteiger partial charge in [-0.1, -0.05) is 5.57 Å². The molecule has 0 aliphatic rings. The highest BCUT2D eigenvalue weighted by Gasteiger charge is 1.98. The Hall–Kier alpha value is -0.280. The highest BCUT2D eigenvalue weighted by molar-refractivity contribution is 9.11. The minimum Gasteiger partial charge on any atom is -0.384 e. The number of hydrogen-bond donors (Lipinski definition) is 0. The fraction of sp³-hybridized carbons (Fsp3) is 0.400. The molecule has 0 unspecified atom stereocenters. The normalized spacial score (nSPS) is 11.8. The number of nitrogens with zero attached hydrogens (tertiary/aromatic N) is 1. The molecule has 1 heterocycles. The number of allylic oxidation sites excluding steroid dienone is 1. The summed E-state index contributed by atoms with van der Waals surface area (Å²) in [6, 6.07) is 4.27. The Morgan fingerprint density at radius 1 is 1.54 bits per heavy atom. The van der Waals surface area contributed by atoms with Gasteiger partial charge < -0.3 is 4.90 Å². The van der Waals surface area contributed by atoms with E-state index in [0.717, 1.165) is 6.42 Å². The van der Waals surface area contributed by atoms with Crippen LogP contribution in [0.4, 0.5) is 0 Å². The van der Waals surface area contributed by atoms with Gasteiger partial charge in [-0.05, 0) is 41.2 Å². The molecule has 72 valence electrons. The van der Waals surface area contributed by atoms with Crippen molar-refractivity contribution in [3.63, 3.8) is 0 Å². The van der Waals surface area contributed by atoms with Crippen molar-refractivity contribution in [2.24, 2.45) is 0 Å². The van der Waals surface area contributed by atoms with E-state index < -0.39 is 0 Å². The first-order valence-corrected chi connectivity index (χ1v) is 5.77. The monoisotopic (exact) mass is 259 g/mol. The maximum Gasteiger partial charge on any atom is 0.0701 e. The Kier molecular flexibility index (Phi) is 4.00. The zero-order valence-electron chi connectivity index (χ0n) is 8.17. The van der Waals surface area contributed by atoms with Gasteiger partial charge in [-0.2, -0.15) is 0 Å². The van der Waals surface area contributed by atoms with Crippen molar-refractivity contribution < 1.29 is 0 Å². The van der Waals surface area contributed by atoms with E-state index in [1.807, 2.05) is 14.1 Å². The van der Waals surface area contributed by atoms with Gasteiger partial charge in [0.15, 0.2) is 0 Å². The predicted octanol–water partition coefficient (Wildman–Crippen LogP) is 3.52. The van der Waals surface area contributed by atoms with Crippen LogP contribution in [0.5, 0.6) is 0 Å². The van der Waals surface area contributed by atoms with Gasteiger partial charge in [-0.25, -0.2) is 0 Å². The Morgan fingerprint density at radius 3 is 2.69 bits per heavy atom. The van der Waals surface area contributed by atoms with E-state index in [1.54, 1.807) is 11.3 Å². The average molecular weight is 260 g/mol. The van der Waals surface area contributed by atoms with Crippen LogP contribution in [0, 0.1) is 0 Å². The Labute approximate surface area is 92.2 Å². The molecule has 0 bridgehead atoms. The maximum atomic E-state index is 3.46. The molecule has 0 fully saturated rings. The lowest BCUT2D eigenvalue weighted by Crippen LogP contribution is -2.02. The minimum atomic E-state index is 1.05. The van der Waals surface area contributed by atoms with Crippen molar-refractivity contribution in [1.82, 2.24) is 4.90 Å². The first-order chi connectivity index (χ1) is 6.08. The third-order valence-corrected chi connectivity index (χ3v) is 3.18. The molecule has 1 nitrogen and oxygen atoms in total. The first-order valence-electron chi connectivity index (χ1n) is 4.16. The molecule has 3 heteroatoms. The summed E-state index contributed by atoms with van der Waals surface area (Å²) in [4.78, 5) is 3.49. The Morgan fingerprint density at radius 2 is 2.23 bits per heavy atom. The van der Waals surface area contributed by atoms with Crippen LogP contribution in [0.25, 0.3) is 0 Å². The molecule has 0 saturated carbocycles. The van der Waals surface area contributed by atoms with E-state index in [-0.39, 0.29) is 0 Å². The standard InChI is InChI=1S/C10H14BrNS/c1-8(7-12(2)3)6-9-4-5-10(11)13-9/h4-5,7H,6H2,1-3H3. The van der Waals surface area contributed by atoms with Crippen LogP contribution in [0.1, 0.15) is 11.8 Å². The van der Waals surface area contributed by atoms with Gasteiger partial charge in [0.05, 0.1) is 3.79 Å². The SMILES string of the molecule is CC(=CN(C)C)Cc1ccc(Br)s1. The Balaban J connectivity index is 2.59. The molecule has 1 aromatic heterocycles. The molecule has 0 saturated heterocycles. The summed E-state index contributed by atoms with van der Waals surface area (Å²) in [5.41, 5.74) is 1.39. The quantitative estimate of drug-likeness (QED) is 0.803. The van der Waals surface area contributed by atoms with Crippen molar-refractivity contribution in [3.8, 4) is 0 Å². The van der Waals surface area contributed by atoms with Gasteiger partial charge in [0.25, 0.3) is 0 Å². The minimum absolute atomic E-state index is 1.05. The van der Waals surface area contributed by atoms with E-state index in [9.17, 15) is 0 Å². The zero-order valence-corrected chi connectivity index (χ0v) is 10.6. The largest absolute Gasteiger partial charge is 0.384 e. The molecule has 13 heavy (non-hydrogen) atoms. The summed E-state index contributed by atoms with van der Waals surface area (Å²) in [5, 5.41) is 0. The van der Waals surface area contributed by atoms with Crippen molar-refractivity contribution in [3.05, 3.63) is 32.6 Å². The zero-order chi connectivity index (χ0) is 9.84. The molecule has 0 spiro atoms. The van der Waals surface area contributed by atoms with Crippen molar-refractivity contribution in [2.45, 2.75) is 13.3 Å². The summed E-state index contributed by atoms with van der Waals surface area (Å²) in [6.45, 7) is 2.16. The van der Waals surface area contributed by atoms with Crippen LogP contribution in [-0.4, -0.2) is 19.0 Å². The van der Waals surface area contributed by atoms with E-state index in [4.69, 9.17) is 0 Å². The summed E-state index contributed by atoms with van der Waals surface area (Å²) in [7, 11) is 4.10. The van der Waals surface area contributed by atoms with Crippen LogP contribution < -0.4 is 0 Å². The van der Waals surface area contributed by atoms with Gasteiger partial charge >= 0.3 is 0 Å². The second-order valence-electron chi connectivity index (χ2n) is 3.32. The molecule has 0 aromatic carbocycles. The fourth-order valence-electron chi connectivity index (χ4n) is 1.21. The van der Waals surface area contributed by atoms with Crippen molar-refractivity contribution in [1.29, 1.82) is 0 Å². The molecular formula is C10H14BrNS. The van der Waals surface area contributed by atoms with Crippen LogP contribution in [0.2, 0.25) is 0 Å². The van der Waals surface area contributed by atoms with Crippen LogP contribution in [0.3, 0.4) is 0 Å². The van der Waals surface area contributed by atoms with E-state index in [0.29, 0.717) is 0 Å². The third-order valence-electron chi connectivity index (χ3n) is 1.56. The van der Waals surface area contributed by atoms with E-state index >= 15 is 0 Å². The van der Waals surface area contributed by atoms with Gasteiger partial charge in [-0.15, -0.1) is 11.3 Å². The molecule has 1 rings (SSSR count). The highest BCUT2D eigenvalue weighted by Crippen LogP contribution is 2.24. The van der Waals surface area contributed by atoms with Gasteiger partial charge in [0.1, 0.15) is 0 Å². The molecule has 0 amide bonds. The number of rotatable bonds is 3. The van der Waals surface area contributed by atoms with Crippen LogP contribution in [-0.2, 0) is 6.42 Å². The van der Waals surface area contributed by atoms with E-state index in [1.165, 1.54) is 14.2 Å². The second-order valence-corrected chi connectivity index (χ2v) is 5.87. The van der Waals surface area contributed by atoms with E-state index in [2.05, 4.69) is 46.1 Å². The summed E-state index contributed by atoms with van der Waals surface area (Å²) in [6.07, 6.45) is 3.21. The number of hydrogen-bond acceptors (Lipinski definition) is 2. The molecule has 1 aromatic rings. The van der Waals surface area contributed by atoms with Gasteiger partial charge in [0, 0.05) is 25.4 Å². The second kappa shape index (κ2) is 4.82. The molecule has 0 aliphatic carbocycles. The smallest absolute Gasteiger partial charge is 0.0701 e. The lowest BCUT2D eigenvalue weighted by atomic mass is 10.2. The summed E-state index contributed by atoms with van der Waals surface area (Å²) in [5.74, 6) is 0. The maximum absolute atomic E-state index is 3.46.